The average molecular weight is 195 g/mol. The lowest BCUT2D eigenvalue weighted by atomic mass is 9.96. The van der Waals surface area contributed by atoms with Crippen LogP contribution in [0.25, 0.3) is 0 Å². The number of nitrogens with two attached hydrogens (primary N) is 1. The van der Waals surface area contributed by atoms with Crippen LogP contribution in [0.15, 0.2) is 12.1 Å². The Morgan fingerprint density at radius 3 is 2.57 bits per heavy atom. The number of phenols is 1. The van der Waals surface area contributed by atoms with E-state index in [4.69, 9.17) is 5.73 Å². The molecule has 1 unspecified atom stereocenters. The predicted molar refractivity (Wildman–Crippen MR) is 56.2 cm³/mol. The largest absolute Gasteiger partial charge is 0.508 e. The molecule has 0 saturated carbocycles. The van der Waals surface area contributed by atoms with Crippen LogP contribution in [0.3, 0.4) is 0 Å². The SMILES string of the molecule is Cc1ccc(O)c(C(O)CCN)c1C. The summed E-state index contributed by atoms with van der Waals surface area (Å²) in [7, 11) is 0. The van der Waals surface area contributed by atoms with Gasteiger partial charge in [-0.05, 0) is 44.0 Å². The molecule has 3 heteroatoms. The Kier molecular flexibility index (Phi) is 3.49. The van der Waals surface area contributed by atoms with Gasteiger partial charge in [-0.25, -0.2) is 0 Å². The van der Waals surface area contributed by atoms with Crippen LogP contribution in [0, 0.1) is 13.8 Å². The van der Waals surface area contributed by atoms with Gasteiger partial charge in [0.1, 0.15) is 5.75 Å². The van der Waals surface area contributed by atoms with E-state index in [1.54, 1.807) is 6.07 Å². The van der Waals surface area contributed by atoms with Crippen LogP contribution >= 0.6 is 0 Å². The zero-order chi connectivity index (χ0) is 10.7. The number of aromatic hydroxyl groups is 1. The lowest BCUT2D eigenvalue weighted by Gasteiger charge is -2.16. The van der Waals surface area contributed by atoms with Gasteiger partial charge in [-0.2, -0.15) is 0 Å². The van der Waals surface area contributed by atoms with E-state index in [-0.39, 0.29) is 5.75 Å². The highest BCUT2D eigenvalue weighted by Gasteiger charge is 2.15. The van der Waals surface area contributed by atoms with Gasteiger partial charge in [0, 0.05) is 5.56 Å². The molecule has 78 valence electrons. The van der Waals surface area contributed by atoms with Gasteiger partial charge in [0.25, 0.3) is 0 Å². The van der Waals surface area contributed by atoms with Crippen molar-refractivity contribution in [1.82, 2.24) is 0 Å². The van der Waals surface area contributed by atoms with Gasteiger partial charge in [-0.3, -0.25) is 0 Å². The maximum Gasteiger partial charge on any atom is 0.121 e. The van der Waals surface area contributed by atoms with Crippen molar-refractivity contribution in [2.24, 2.45) is 5.73 Å². The minimum absolute atomic E-state index is 0.147. The summed E-state index contributed by atoms with van der Waals surface area (Å²) in [6.45, 7) is 4.26. The Morgan fingerprint density at radius 1 is 1.36 bits per heavy atom. The van der Waals surface area contributed by atoms with Crippen molar-refractivity contribution >= 4 is 0 Å². The zero-order valence-electron chi connectivity index (χ0n) is 8.62. The molecule has 0 bridgehead atoms. The van der Waals surface area contributed by atoms with Crippen LogP contribution in [0.5, 0.6) is 5.75 Å². The second-order valence-electron chi connectivity index (χ2n) is 3.53. The minimum Gasteiger partial charge on any atom is -0.508 e. The van der Waals surface area contributed by atoms with Crippen LogP contribution < -0.4 is 5.73 Å². The highest BCUT2D eigenvalue weighted by atomic mass is 16.3. The number of aliphatic hydroxyl groups excluding tert-OH is 1. The van der Waals surface area contributed by atoms with Gasteiger partial charge in [-0.15, -0.1) is 0 Å². The molecule has 0 amide bonds. The summed E-state index contributed by atoms with van der Waals surface area (Å²) in [5.41, 5.74) is 7.97. The van der Waals surface area contributed by atoms with E-state index in [0.29, 0.717) is 18.5 Å². The van der Waals surface area contributed by atoms with Crippen molar-refractivity contribution in [2.75, 3.05) is 6.54 Å². The number of hydrogen-bond donors (Lipinski definition) is 3. The Balaban J connectivity index is 3.11. The van der Waals surface area contributed by atoms with Gasteiger partial charge in [-0.1, -0.05) is 6.07 Å². The standard InChI is InChI=1S/C11H17NO2/c1-7-3-4-9(13)11(8(7)2)10(14)5-6-12/h3-4,10,13-14H,5-6,12H2,1-2H3. The fraction of sp³-hybridized carbons (Fsp3) is 0.455. The molecule has 4 N–H and O–H groups in total. The molecular weight excluding hydrogens is 178 g/mol. The quantitative estimate of drug-likeness (QED) is 0.682. The highest BCUT2D eigenvalue weighted by Crippen LogP contribution is 2.30. The van der Waals surface area contributed by atoms with E-state index in [1.165, 1.54) is 0 Å². The molecule has 0 heterocycles. The number of aryl methyl sites for hydroxylation is 1. The topological polar surface area (TPSA) is 66.5 Å². The summed E-state index contributed by atoms with van der Waals surface area (Å²) >= 11 is 0. The monoisotopic (exact) mass is 195 g/mol. The summed E-state index contributed by atoms with van der Waals surface area (Å²) in [6.07, 6.45) is -0.197. The first kappa shape index (κ1) is 11.0. The van der Waals surface area contributed by atoms with E-state index in [2.05, 4.69) is 0 Å². The van der Waals surface area contributed by atoms with Crippen LogP contribution in [0.4, 0.5) is 0 Å². The maximum atomic E-state index is 9.77. The summed E-state index contributed by atoms with van der Waals surface area (Å²) < 4.78 is 0. The molecular formula is C11H17NO2. The summed E-state index contributed by atoms with van der Waals surface area (Å²) in [5, 5.41) is 19.4. The molecule has 1 rings (SSSR count). The van der Waals surface area contributed by atoms with Crippen molar-refractivity contribution in [3.05, 3.63) is 28.8 Å². The van der Waals surface area contributed by atoms with E-state index in [0.717, 1.165) is 11.1 Å². The van der Waals surface area contributed by atoms with E-state index >= 15 is 0 Å². The predicted octanol–water partition coefficient (Wildman–Crippen LogP) is 1.39. The highest BCUT2D eigenvalue weighted by molar-refractivity contribution is 5.44. The van der Waals surface area contributed by atoms with Crippen LogP contribution in [-0.2, 0) is 0 Å². The molecule has 0 fully saturated rings. The molecule has 1 atom stereocenters. The minimum atomic E-state index is -0.667. The first-order valence-corrected chi connectivity index (χ1v) is 4.75. The summed E-state index contributed by atoms with van der Waals surface area (Å²) in [6, 6.07) is 3.45. The van der Waals surface area contributed by atoms with Gasteiger partial charge >= 0.3 is 0 Å². The summed E-state index contributed by atoms with van der Waals surface area (Å²) in [4.78, 5) is 0. The van der Waals surface area contributed by atoms with E-state index < -0.39 is 6.10 Å². The first-order chi connectivity index (χ1) is 6.57. The van der Waals surface area contributed by atoms with Crippen molar-refractivity contribution < 1.29 is 10.2 Å². The van der Waals surface area contributed by atoms with Gasteiger partial charge in [0.15, 0.2) is 0 Å². The molecule has 14 heavy (non-hydrogen) atoms. The third kappa shape index (κ3) is 2.05. The Hall–Kier alpha value is -1.06. The molecule has 1 aromatic rings. The second-order valence-corrected chi connectivity index (χ2v) is 3.53. The Bertz CT molecular complexity index is 323. The number of phenolic OH excluding ortho intramolecular Hbond substituents is 1. The molecule has 0 aromatic heterocycles. The Morgan fingerprint density at radius 2 is 2.00 bits per heavy atom. The Labute approximate surface area is 84.2 Å². The van der Waals surface area contributed by atoms with Crippen LogP contribution in [-0.4, -0.2) is 16.8 Å². The average Bonchev–Trinajstić information content (AvgIpc) is 2.13. The number of benzene rings is 1. The summed E-state index contributed by atoms with van der Waals surface area (Å²) in [5.74, 6) is 0.147. The molecule has 0 saturated heterocycles. The van der Waals surface area contributed by atoms with Gasteiger partial charge in [0.05, 0.1) is 6.10 Å². The normalized spacial score (nSPS) is 12.9. The van der Waals surface area contributed by atoms with Crippen molar-refractivity contribution in [2.45, 2.75) is 26.4 Å². The number of rotatable bonds is 3. The third-order valence-corrected chi connectivity index (χ3v) is 2.54. The lowest BCUT2D eigenvalue weighted by Crippen LogP contribution is -2.08. The fourth-order valence-electron chi connectivity index (χ4n) is 1.55. The third-order valence-electron chi connectivity index (χ3n) is 2.54. The molecule has 0 aliphatic heterocycles. The maximum absolute atomic E-state index is 9.77. The van der Waals surface area contributed by atoms with E-state index in [9.17, 15) is 10.2 Å². The van der Waals surface area contributed by atoms with Crippen molar-refractivity contribution in [3.8, 4) is 5.75 Å². The molecule has 3 nitrogen and oxygen atoms in total. The van der Waals surface area contributed by atoms with Gasteiger partial charge < -0.3 is 15.9 Å². The first-order valence-electron chi connectivity index (χ1n) is 4.75. The smallest absolute Gasteiger partial charge is 0.121 e. The van der Waals surface area contributed by atoms with Gasteiger partial charge in [0.2, 0.25) is 0 Å². The number of hydrogen-bond acceptors (Lipinski definition) is 3. The lowest BCUT2D eigenvalue weighted by molar-refractivity contribution is 0.165. The molecule has 1 aromatic carbocycles. The zero-order valence-corrected chi connectivity index (χ0v) is 8.62. The molecule has 0 radical (unpaired) electrons. The second kappa shape index (κ2) is 4.44. The van der Waals surface area contributed by atoms with Crippen molar-refractivity contribution in [3.63, 3.8) is 0 Å². The fourth-order valence-corrected chi connectivity index (χ4v) is 1.55. The molecule has 0 spiro atoms. The number of aliphatic hydroxyl groups is 1. The molecule has 0 aliphatic carbocycles. The van der Waals surface area contributed by atoms with Crippen molar-refractivity contribution in [1.29, 1.82) is 0 Å². The van der Waals surface area contributed by atoms with Crippen LogP contribution in [0.2, 0.25) is 0 Å². The molecule has 0 aliphatic rings. The van der Waals surface area contributed by atoms with Crippen LogP contribution in [0.1, 0.15) is 29.2 Å². The van der Waals surface area contributed by atoms with E-state index in [1.807, 2.05) is 19.9 Å².